The van der Waals surface area contributed by atoms with Crippen molar-refractivity contribution in [2.75, 3.05) is 11.6 Å². The van der Waals surface area contributed by atoms with E-state index in [9.17, 15) is 4.79 Å². The summed E-state index contributed by atoms with van der Waals surface area (Å²) in [6, 6.07) is 10.3. The summed E-state index contributed by atoms with van der Waals surface area (Å²) in [7, 11) is 0. The molecule has 4 rings (SSSR count). The van der Waals surface area contributed by atoms with E-state index >= 15 is 0 Å². The Balaban J connectivity index is 1.85. The third kappa shape index (κ3) is 3.23. The van der Waals surface area contributed by atoms with Crippen LogP contribution >= 0.6 is 11.8 Å². The van der Waals surface area contributed by atoms with Gasteiger partial charge in [0.15, 0.2) is 0 Å². The fourth-order valence-corrected chi connectivity index (χ4v) is 4.02. The molecule has 3 aromatic rings. The van der Waals surface area contributed by atoms with Crippen LogP contribution in [0, 0.1) is 20.8 Å². The lowest BCUT2D eigenvalue weighted by Crippen LogP contribution is -2.25. The van der Waals surface area contributed by atoms with Gasteiger partial charge in [-0.05, 0) is 50.8 Å². The zero-order valence-corrected chi connectivity index (χ0v) is 16.6. The maximum atomic E-state index is 12.5. The van der Waals surface area contributed by atoms with Crippen LogP contribution in [0.5, 0.6) is 0 Å². The molecule has 1 atom stereocenters. The normalized spacial score (nSPS) is 16.1. The minimum absolute atomic E-state index is 0.0213. The van der Waals surface area contributed by atoms with Crippen LogP contribution in [0.25, 0.3) is 5.95 Å². The lowest BCUT2D eigenvalue weighted by atomic mass is 9.86. The van der Waals surface area contributed by atoms with E-state index in [1.165, 1.54) is 4.90 Å². The molecule has 0 unspecified atom stereocenters. The molecular weight excluding hydrogens is 358 g/mol. The molecule has 0 fully saturated rings. The monoisotopic (exact) mass is 379 g/mol. The van der Waals surface area contributed by atoms with Gasteiger partial charge in [0.1, 0.15) is 5.82 Å². The minimum Gasteiger partial charge on any atom is -0.310 e. The van der Waals surface area contributed by atoms with Crippen molar-refractivity contribution < 1.29 is 4.79 Å². The molecule has 1 amide bonds. The van der Waals surface area contributed by atoms with E-state index in [0.717, 1.165) is 28.2 Å². The Kier molecular flexibility index (Phi) is 4.47. The molecule has 1 aliphatic heterocycles. The molecule has 1 aromatic carbocycles. The quantitative estimate of drug-likeness (QED) is 0.701. The highest BCUT2D eigenvalue weighted by atomic mass is 32.2. The molecule has 0 spiro atoms. The van der Waals surface area contributed by atoms with Gasteiger partial charge < -0.3 is 5.32 Å². The predicted molar refractivity (Wildman–Crippen MR) is 107 cm³/mol. The summed E-state index contributed by atoms with van der Waals surface area (Å²) >= 11 is 1.71. The van der Waals surface area contributed by atoms with E-state index in [1.807, 2.05) is 26.8 Å². The molecule has 0 saturated heterocycles. The number of fused-ring (bicyclic) bond motifs is 1. The maximum absolute atomic E-state index is 12.5. The van der Waals surface area contributed by atoms with Gasteiger partial charge in [-0.15, -0.1) is 11.8 Å². The number of aromatic nitrogens is 4. The number of aryl methyl sites for hydroxylation is 3. The first kappa shape index (κ1) is 17.7. The first-order valence-electron chi connectivity index (χ1n) is 8.82. The molecule has 7 heteroatoms. The van der Waals surface area contributed by atoms with E-state index in [0.29, 0.717) is 18.2 Å². The first-order valence-corrected chi connectivity index (χ1v) is 10.0. The SMILES string of the molecule is CSc1ccc([C@H]2CC(=O)Nc3c2c(C)nn3-c2nc(C)cc(C)n2)cc1. The van der Waals surface area contributed by atoms with Gasteiger partial charge in [0.25, 0.3) is 5.95 Å². The Labute approximate surface area is 162 Å². The smallest absolute Gasteiger partial charge is 0.252 e. The van der Waals surface area contributed by atoms with Gasteiger partial charge in [0.2, 0.25) is 5.91 Å². The number of carbonyl (C=O) groups is 1. The summed E-state index contributed by atoms with van der Waals surface area (Å²) in [5.41, 5.74) is 4.77. The second-order valence-corrected chi connectivity index (χ2v) is 7.67. The molecule has 1 aliphatic rings. The van der Waals surface area contributed by atoms with Crippen molar-refractivity contribution in [2.45, 2.75) is 38.0 Å². The average Bonchev–Trinajstić information content (AvgIpc) is 2.97. The van der Waals surface area contributed by atoms with Crippen molar-refractivity contribution in [1.29, 1.82) is 0 Å². The molecule has 3 heterocycles. The van der Waals surface area contributed by atoms with Gasteiger partial charge in [-0.2, -0.15) is 9.78 Å². The molecule has 0 bridgehead atoms. The van der Waals surface area contributed by atoms with Gasteiger partial charge in [-0.25, -0.2) is 9.97 Å². The summed E-state index contributed by atoms with van der Waals surface area (Å²) in [6.07, 6.45) is 2.46. The maximum Gasteiger partial charge on any atom is 0.252 e. The van der Waals surface area contributed by atoms with E-state index in [4.69, 9.17) is 0 Å². The van der Waals surface area contributed by atoms with Gasteiger partial charge in [0.05, 0.1) is 5.69 Å². The molecule has 0 saturated carbocycles. The molecule has 27 heavy (non-hydrogen) atoms. The fourth-order valence-electron chi connectivity index (χ4n) is 3.61. The number of amides is 1. The van der Waals surface area contributed by atoms with Gasteiger partial charge >= 0.3 is 0 Å². The second kappa shape index (κ2) is 6.81. The van der Waals surface area contributed by atoms with Crippen LogP contribution in [-0.2, 0) is 4.79 Å². The molecule has 6 nitrogen and oxygen atoms in total. The topological polar surface area (TPSA) is 72.7 Å². The number of hydrogen-bond donors (Lipinski definition) is 1. The van der Waals surface area contributed by atoms with Crippen LogP contribution in [0.1, 0.15) is 40.5 Å². The Bertz CT molecular complexity index is 1010. The second-order valence-electron chi connectivity index (χ2n) is 6.79. The van der Waals surface area contributed by atoms with E-state index in [-0.39, 0.29) is 11.8 Å². The number of thioether (sulfide) groups is 1. The Hall–Kier alpha value is -2.67. The van der Waals surface area contributed by atoms with E-state index < -0.39 is 0 Å². The zero-order chi connectivity index (χ0) is 19.1. The molecule has 0 radical (unpaired) electrons. The molecular formula is C20H21N5OS. The highest BCUT2D eigenvalue weighted by Crippen LogP contribution is 2.40. The number of rotatable bonds is 3. The van der Waals surface area contributed by atoms with E-state index in [2.05, 4.69) is 50.9 Å². The Morgan fingerprint density at radius 2 is 1.78 bits per heavy atom. The third-order valence-corrected chi connectivity index (χ3v) is 5.52. The molecule has 138 valence electrons. The number of anilines is 1. The summed E-state index contributed by atoms with van der Waals surface area (Å²) in [4.78, 5) is 22.7. The fraction of sp³-hybridized carbons (Fsp3) is 0.300. The highest BCUT2D eigenvalue weighted by molar-refractivity contribution is 7.98. The zero-order valence-electron chi connectivity index (χ0n) is 15.8. The van der Waals surface area contributed by atoms with Gasteiger partial charge in [0, 0.05) is 34.2 Å². The lowest BCUT2D eigenvalue weighted by molar-refractivity contribution is -0.116. The van der Waals surface area contributed by atoms with Crippen LogP contribution in [0.15, 0.2) is 35.2 Å². The van der Waals surface area contributed by atoms with Crippen LogP contribution in [-0.4, -0.2) is 31.9 Å². The number of nitrogens with zero attached hydrogens (tertiary/aromatic N) is 4. The van der Waals surface area contributed by atoms with E-state index in [1.54, 1.807) is 16.4 Å². The molecule has 1 N–H and O–H groups in total. The standard InChI is InChI=1S/C20H21N5OS/c1-11-9-12(2)22-20(21-11)25-19-18(13(3)24-25)16(10-17(26)23-19)14-5-7-15(27-4)8-6-14/h5-9,16H,10H2,1-4H3,(H,23,26)/t16-/m1/s1. The summed E-state index contributed by atoms with van der Waals surface area (Å²) in [6.45, 7) is 5.82. The molecule has 2 aromatic heterocycles. The van der Waals surface area contributed by atoms with Crippen LogP contribution in [0.3, 0.4) is 0 Å². The number of carbonyl (C=O) groups excluding carboxylic acids is 1. The first-order chi connectivity index (χ1) is 13.0. The van der Waals surface area contributed by atoms with Crippen molar-refractivity contribution in [3.63, 3.8) is 0 Å². The highest BCUT2D eigenvalue weighted by Gasteiger charge is 2.33. The van der Waals surface area contributed by atoms with Crippen molar-refractivity contribution in [3.8, 4) is 5.95 Å². The van der Waals surface area contributed by atoms with Crippen molar-refractivity contribution >= 4 is 23.5 Å². The van der Waals surface area contributed by atoms with Crippen molar-refractivity contribution in [2.24, 2.45) is 0 Å². The summed E-state index contributed by atoms with van der Waals surface area (Å²) in [5, 5.41) is 7.65. The summed E-state index contributed by atoms with van der Waals surface area (Å²) in [5.74, 6) is 1.11. The molecule has 0 aliphatic carbocycles. The van der Waals surface area contributed by atoms with Crippen LogP contribution in [0.4, 0.5) is 5.82 Å². The predicted octanol–water partition coefficient (Wildman–Crippen LogP) is 3.78. The summed E-state index contributed by atoms with van der Waals surface area (Å²) < 4.78 is 1.66. The van der Waals surface area contributed by atoms with Gasteiger partial charge in [-0.3, -0.25) is 4.79 Å². The Morgan fingerprint density at radius 1 is 1.11 bits per heavy atom. The lowest BCUT2D eigenvalue weighted by Gasteiger charge is -2.24. The number of benzene rings is 1. The van der Waals surface area contributed by atoms with Crippen molar-refractivity contribution in [1.82, 2.24) is 19.7 Å². The number of nitrogens with one attached hydrogen (secondary N) is 1. The largest absolute Gasteiger partial charge is 0.310 e. The van der Waals surface area contributed by atoms with Crippen molar-refractivity contribution in [3.05, 3.63) is 58.5 Å². The van der Waals surface area contributed by atoms with Crippen LogP contribution < -0.4 is 5.32 Å². The van der Waals surface area contributed by atoms with Crippen LogP contribution in [0.2, 0.25) is 0 Å². The third-order valence-electron chi connectivity index (χ3n) is 4.78. The average molecular weight is 379 g/mol. The Morgan fingerprint density at radius 3 is 2.41 bits per heavy atom. The van der Waals surface area contributed by atoms with Gasteiger partial charge in [-0.1, -0.05) is 12.1 Å². The minimum atomic E-state index is -0.0238. The number of hydrogen-bond acceptors (Lipinski definition) is 5.